The van der Waals surface area contributed by atoms with Crippen LogP contribution in [-0.2, 0) is 19.1 Å². The van der Waals surface area contributed by atoms with Gasteiger partial charge in [-0.2, -0.15) is 0 Å². The lowest BCUT2D eigenvalue weighted by molar-refractivity contribution is -0.148. The Labute approximate surface area is 222 Å². The fraction of sp³-hybridized carbons (Fsp3) is 0.414. The predicted octanol–water partition coefficient (Wildman–Crippen LogP) is 5.51. The largest absolute Gasteiger partial charge is 0.493 e. The summed E-state index contributed by atoms with van der Waals surface area (Å²) in [4.78, 5) is 31.8. The summed E-state index contributed by atoms with van der Waals surface area (Å²) in [5.74, 6) is -0.530. The smallest absolute Gasteiger partial charge is 0.315 e. The first kappa shape index (κ1) is 26.9. The van der Waals surface area contributed by atoms with Crippen molar-refractivity contribution in [1.29, 1.82) is 0 Å². The van der Waals surface area contributed by atoms with E-state index in [9.17, 15) is 9.59 Å². The van der Waals surface area contributed by atoms with Crippen molar-refractivity contribution in [2.24, 2.45) is 10.9 Å². The van der Waals surface area contributed by atoms with Crippen LogP contribution in [0.5, 0.6) is 11.5 Å². The van der Waals surface area contributed by atoms with Crippen molar-refractivity contribution >= 4 is 29.1 Å². The van der Waals surface area contributed by atoms with E-state index in [1.807, 2.05) is 50.2 Å². The summed E-state index contributed by atoms with van der Waals surface area (Å²) < 4.78 is 21.7. The Bertz CT molecular complexity index is 1240. The van der Waals surface area contributed by atoms with Crippen molar-refractivity contribution in [2.45, 2.75) is 38.5 Å². The normalized spacial score (nSPS) is 21.3. The standard InChI is InChI=1S/C29H32ClNO6/c1-5-36-11-12-37-29(33)26-17(2)31-22-14-20(18-9-10-24(34-3)25(16-18)35-4)15-23(32)28(22)27(26)19-7-6-8-21(30)13-19/h6-10,13,16,20,26-27H,5,11-12,14-15H2,1-4H3/t20-,26?,27-/m0/s1. The number of rotatable bonds is 9. The number of aliphatic imine (C=N–C) groups is 1. The number of carbonyl (C=O) groups excluding carboxylic acids is 2. The van der Waals surface area contributed by atoms with Crippen LogP contribution in [0.25, 0.3) is 0 Å². The van der Waals surface area contributed by atoms with Gasteiger partial charge in [-0.25, -0.2) is 0 Å². The van der Waals surface area contributed by atoms with Crippen LogP contribution in [0.4, 0.5) is 0 Å². The lowest BCUT2D eigenvalue weighted by atomic mass is 9.69. The van der Waals surface area contributed by atoms with Crippen molar-refractivity contribution in [3.63, 3.8) is 0 Å². The minimum absolute atomic E-state index is 0.0330. The molecular weight excluding hydrogens is 494 g/mol. The molecule has 1 unspecified atom stereocenters. The molecule has 2 aromatic carbocycles. The fourth-order valence-corrected chi connectivity index (χ4v) is 5.40. The number of Topliss-reactive ketones (excluding diaryl/α,β-unsaturated/α-hetero) is 1. The molecule has 0 fully saturated rings. The molecule has 0 N–H and O–H groups in total. The Morgan fingerprint density at radius 1 is 1.03 bits per heavy atom. The number of ether oxygens (including phenoxy) is 4. The van der Waals surface area contributed by atoms with Crippen LogP contribution in [0.15, 0.2) is 58.7 Å². The van der Waals surface area contributed by atoms with Crippen LogP contribution >= 0.6 is 11.6 Å². The summed E-state index contributed by atoms with van der Waals surface area (Å²) in [6, 6.07) is 13.0. The third kappa shape index (κ3) is 5.73. The van der Waals surface area contributed by atoms with Crippen LogP contribution in [-0.4, -0.2) is 51.5 Å². The van der Waals surface area contributed by atoms with Gasteiger partial charge in [0, 0.05) is 41.0 Å². The first-order valence-corrected chi connectivity index (χ1v) is 12.8. The zero-order valence-corrected chi connectivity index (χ0v) is 22.3. The monoisotopic (exact) mass is 525 g/mol. The van der Waals surface area contributed by atoms with E-state index in [1.54, 1.807) is 20.3 Å². The van der Waals surface area contributed by atoms with Crippen molar-refractivity contribution in [3.8, 4) is 11.5 Å². The number of methoxy groups -OCH3 is 2. The highest BCUT2D eigenvalue weighted by Crippen LogP contribution is 2.47. The van der Waals surface area contributed by atoms with E-state index in [0.717, 1.165) is 11.1 Å². The number of ketones is 1. The second kappa shape index (κ2) is 11.9. The third-order valence-corrected chi connectivity index (χ3v) is 7.14. The van der Waals surface area contributed by atoms with E-state index < -0.39 is 17.8 Å². The van der Waals surface area contributed by atoms with Gasteiger partial charge < -0.3 is 18.9 Å². The Kier molecular flexibility index (Phi) is 8.67. The Hall–Kier alpha value is -3.16. The lowest BCUT2D eigenvalue weighted by Crippen LogP contribution is -2.38. The predicted molar refractivity (Wildman–Crippen MR) is 142 cm³/mol. The van der Waals surface area contributed by atoms with Crippen LogP contribution in [0.1, 0.15) is 49.7 Å². The average Bonchev–Trinajstić information content (AvgIpc) is 2.89. The molecule has 2 aromatic rings. The van der Waals surface area contributed by atoms with E-state index in [-0.39, 0.29) is 18.3 Å². The highest BCUT2D eigenvalue weighted by molar-refractivity contribution is 6.30. The molecule has 0 aromatic heterocycles. The maximum absolute atomic E-state index is 13.7. The number of hydrogen-bond acceptors (Lipinski definition) is 7. The Morgan fingerprint density at radius 2 is 1.81 bits per heavy atom. The Balaban J connectivity index is 1.71. The highest BCUT2D eigenvalue weighted by atomic mass is 35.5. The van der Waals surface area contributed by atoms with Gasteiger partial charge in [0.1, 0.15) is 12.5 Å². The molecule has 0 radical (unpaired) electrons. The van der Waals surface area contributed by atoms with Gasteiger partial charge in [0.2, 0.25) is 0 Å². The van der Waals surface area contributed by atoms with Gasteiger partial charge in [-0.1, -0.05) is 29.8 Å². The molecule has 37 heavy (non-hydrogen) atoms. The number of nitrogens with zero attached hydrogens (tertiary/aromatic N) is 1. The van der Waals surface area contributed by atoms with Crippen molar-refractivity contribution in [2.75, 3.05) is 34.0 Å². The maximum Gasteiger partial charge on any atom is 0.315 e. The number of benzene rings is 2. The summed E-state index contributed by atoms with van der Waals surface area (Å²) in [6.45, 7) is 4.69. The number of esters is 1. The van der Waals surface area contributed by atoms with Crippen LogP contribution in [0.2, 0.25) is 5.02 Å². The maximum atomic E-state index is 13.7. The minimum atomic E-state index is -0.722. The van der Waals surface area contributed by atoms with Crippen LogP contribution in [0.3, 0.4) is 0 Å². The molecule has 7 nitrogen and oxygen atoms in total. The quantitative estimate of drug-likeness (QED) is 0.317. The first-order chi connectivity index (χ1) is 17.9. The van der Waals surface area contributed by atoms with Gasteiger partial charge >= 0.3 is 5.97 Å². The summed E-state index contributed by atoms with van der Waals surface area (Å²) in [7, 11) is 3.18. The number of hydrogen-bond donors (Lipinski definition) is 0. The lowest BCUT2D eigenvalue weighted by Gasteiger charge is -2.36. The minimum Gasteiger partial charge on any atom is -0.493 e. The molecule has 2 aliphatic rings. The summed E-state index contributed by atoms with van der Waals surface area (Å²) in [6.07, 6.45) is 0.864. The van der Waals surface area contributed by atoms with E-state index in [1.165, 1.54) is 0 Å². The molecule has 0 amide bonds. The van der Waals surface area contributed by atoms with Crippen molar-refractivity contribution < 1.29 is 28.5 Å². The molecule has 3 atom stereocenters. The van der Waals surface area contributed by atoms with E-state index in [0.29, 0.717) is 59.6 Å². The molecule has 1 heterocycles. The summed E-state index contributed by atoms with van der Waals surface area (Å²) in [5, 5.41) is 0.537. The van der Waals surface area contributed by atoms with Gasteiger partial charge in [0.05, 0.1) is 20.8 Å². The molecule has 8 heteroatoms. The summed E-state index contributed by atoms with van der Waals surface area (Å²) >= 11 is 6.33. The molecule has 0 saturated heterocycles. The second-order valence-electron chi connectivity index (χ2n) is 9.13. The van der Waals surface area contributed by atoms with E-state index >= 15 is 0 Å². The molecule has 0 bridgehead atoms. The molecule has 1 aliphatic carbocycles. The number of carbonyl (C=O) groups is 2. The van der Waals surface area contributed by atoms with E-state index in [2.05, 4.69) is 0 Å². The third-order valence-electron chi connectivity index (χ3n) is 6.91. The number of allylic oxidation sites excluding steroid dienone is 2. The first-order valence-electron chi connectivity index (χ1n) is 12.4. The number of halogens is 1. The Morgan fingerprint density at radius 3 is 2.51 bits per heavy atom. The van der Waals surface area contributed by atoms with E-state index in [4.69, 9.17) is 35.5 Å². The molecule has 4 rings (SSSR count). The van der Waals surface area contributed by atoms with Crippen LogP contribution < -0.4 is 9.47 Å². The SMILES string of the molecule is CCOCCOC(=O)C1C(C)=NC2=C(C(=O)C[C@@H](c3ccc(OC)c(OC)c3)C2)[C@H]1c1cccc(Cl)c1. The molecule has 0 saturated carbocycles. The van der Waals surface area contributed by atoms with Gasteiger partial charge in [0.25, 0.3) is 0 Å². The van der Waals surface area contributed by atoms with Gasteiger partial charge in [0.15, 0.2) is 17.3 Å². The van der Waals surface area contributed by atoms with Gasteiger partial charge in [-0.15, -0.1) is 0 Å². The molecule has 0 spiro atoms. The zero-order chi connectivity index (χ0) is 26.5. The fourth-order valence-electron chi connectivity index (χ4n) is 5.20. The molecule has 1 aliphatic heterocycles. The molecular formula is C29H32ClNO6. The molecule has 196 valence electrons. The second-order valence-corrected chi connectivity index (χ2v) is 9.57. The van der Waals surface area contributed by atoms with Crippen molar-refractivity contribution in [1.82, 2.24) is 0 Å². The van der Waals surface area contributed by atoms with Crippen molar-refractivity contribution in [3.05, 3.63) is 69.9 Å². The average molecular weight is 526 g/mol. The van der Waals surface area contributed by atoms with Crippen LogP contribution in [0, 0.1) is 5.92 Å². The highest BCUT2D eigenvalue weighted by Gasteiger charge is 2.44. The summed E-state index contributed by atoms with van der Waals surface area (Å²) in [5.41, 5.74) is 3.65. The van der Waals surface area contributed by atoms with Gasteiger partial charge in [-0.05, 0) is 61.6 Å². The topological polar surface area (TPSA) is 83.4 Å². The zero-order valence-electron chi connectivity index (χ0n) is 21.6. The van der Waals surface area contributed by atoms with Gasteiger partial charge in [-0.3, -0.25) is 14.6 Å².